The van der Waals surface area contributed by atoms with Gasteiger partial charge in [0.05, 0.1) is 18.0 Å². The third kappa shape index (κ3) is 2.96. The highest BCUT2D eigenvalue weighted by Gasteiger charge is 2.24. The molecule has 2 heterocycles. The summed E-state index contributed by atoms with van der Waals surface area (Å²) in [6.07, 6.45) is 0.855. The van der Waals surface area contributed by atoms with Crippen molar-refractivity contribution < 1.29 is 9.53 Å². The molecule has 0 bridgehead atoms. The second-order valence-electron chi connectivity index (χ2n) is 4.89. The van der Waals surface area contributed by atoms with Crippen LogP contribution in [0, 0.1) is 0 Å². The van der Waals surface area contributed by atoms with Crippen molar-refractivity contribution in [2.45, 2.75) is 13.3 Å². The molecule has 22 heavy (non-hydrogen) atoms. The number of anilines is 1. The van der Waals surface area contributed by atoms with Gasteiger partial charge in [-0.05, 0) is 43.2 Å². The first-order valence-electron chi connectivity index (χ1n) is 6.89. The predicted octanol–water partition coefficient (Wildman–Crippen LogP) is 4.87. The van der Waals surface area contributed by atoms with E-state index in [1.165, 1.54) is 0 Å². The first kappa shape index (κ1) is 16.0. The lowest BCUT2D eigenvalue weighted by atomic mass is 10.1. The molecular weight excluding hydrogens is 435 g/mol. The van der Waals surface area contributed by atoms with Crippen LogP contribution in [-0.4, -0.2) is 24.1 Å². The van der Waals surface area contributed by atoms with E-state index in [1.54, 1.807) is 16.0 Å². The third-order valence-corrected chi connectivity index (χ3v) is 5.77. The molecule has 0 aliphatic carbocycles. The van der Waals surface area contributed by atoms with Crippen LogP contribution in [0.3, 0.4) is 0 Å². The SMILES string of the molecule is CCOC(=O)c1cc2c([nH]1)-c1ccc(Cl)cc1N(SI)CC2. The Hall–Kier alpha value is -0.860. The normalized spacial score (nSPS) is 13.3. The van der Waals surface area contributed by atoms with Crippen LogP contribution in [0.1, 0.15) is 23.0 Å². The van der Waals surface area contributed by atoms with Crippen LogP contribution in [0.4, 0.5) is 5.69 Å². The smallest absolute Gasteiger partial charge is 0.354 e. The first-order chi connectivity index (χ1) is 10.6. The van der Waals surface area contributed by atoms with E-state index in [1.807, 2.05) is 24.3 Å². The zero-order chi connectivity index (χ0) is 15.7. The fourth-order valence-electron chi connectivity index (χ4n) is 2.59. The molecule has 0 spiro atoms. The summed E-state index contributed by atoms with van der Waals surface area (Å²) in [4.78, 5) is 15.2. The predicted molar refractivity (Wildman–Crippen MR) is 99.9 cm³/mol. The molecule has 0 atom stereocenters. The Morgan fingerprint density at radius 1 is 1.50 bits per heavy atom. The minimum atomic E-state index is -0.314. The zero-order valence-corrected chi connectivity index (χ0v) is 15.6. The molecule has 0 radical (unpaired) electrons. The second-order valence-corrected chi connectivity index (χ2v) is 7.08. The monoisotopic (exact) mass is 448 g/mol. The third-order valence-electron chi connectivity index (χ3n) is 3.56. The molecule has 1 aromatic heterocycles. The number of H-pyrrole nitrogens is 1. The number of nitrogens with one attached hydrogen (secondary N) is 1. The number of carbonyl (C=O) groups is 1. The lowest BCUT2D eigenvalue weighted by molar-refractivity contribution is 0.0520. The van der Waals surface area contributed by atoms with E-state index in [2.05, 4.69) is 30.5 Å². The summed E-state index contributed by atoms with van der Waals surface area (Å²) in [5, 5.41) is 0.704. The van der Waals surface area contributed by atoms with E-state index in [0.29, 0.717) is 17.3 Å². The number of carbonyl (C=O) groups excluding carboxylic acids is 1. The highest BCUT2D eigenvalue weighted by atomic mass is 127. The summed E-state index contributed by atoms with van der Waals surface area (Å²) in [5.74, 6) is -0.314. The Labute approximate surface area is 150 Å². The van der Waals surface area contributed by atoms with Gasteiger partial charge in [-0.3, -0.25) is 0 Å². The van der Waals surface area contributed by atoms with E-state index >= 15 is 0 Å². The Kier molecular flexibility index (Phi) is 4.89. The maximum atomic E-state index is 11.9. The number of fused-ring (bicyclic) bond motifs is 3. The van der Waals surface area contributed by atoms with Gasteiger partial charge in [0.25, 0.3) is 0 Å². The van der Waals surface area contributed by atoms with E-state index in [-0.39, 0.29) is 5.97 Å². The van der Waals surface area contributed by atoms with Gasteiger partial charge in [-0.15, -0.1) is 0 Å². The standard InChI is InChI=1S/C15H14ClIN2O2S/c1-2-21-15(20)12-7-9-5-6-19(22-17)13-8-10(16)3-4-11(13)14(9)18-12/h3-4,7-8,18H,2,5-6H2,1H3. The number of hydrogen-bond acceptors (Lipinski definition) is 4. The van der Waals surface area contributed by atoms with Crippen molar-refractivity contribution in [3.8, 4) is 11.3 Å². The molecule has 7 heteroatoms. The largest absolute Gasteiger partial charge is 0.461 e. The van der Waals surface area contributed by atoms with Gasteiger partial charge in [-0.2, -0.15) is 0 Å². The molecular formula is C15H14ClIN2O2S. The van der Waals surface area contributed by atoms with Gasteiger partial charge in [-0.25, -0.2) is 4.79 Å². The molecule has 0 unspecified atom stereocenters. The molecule has 116 valence electrons. The summed E-state index contributed by atoms with van der Waals surface area (Å²) in [6.45, 7) is 3.03. The highest BCUT2D eigenvalue weighted by Crippen LogP contribution is 2.41. The number of aromatic nitrogens is 1. The molecule has 0 fully saturated rings. The van der Waals surface area contributed by atoms with Crippen molar-refractivity contribution in [1.29, 1.82) is 0 Å². The number of halogens is 2. The Balaban J connectivity index is 2.10. The van der Waals surface area contributed by atoms with Crippen LogP contribution in [0.5, 0.6) is 0 Å². The van der Waals surface area contributed by atoms with Crippen LogP contribution < -0.4 is 4.31 Å². The number of ether oxygens (including phenoxy) is 1. The topological polar surface area (TPSA) is 45.3 Å². The van der Waals surface area contributed by atoms with Crippen molar-refractivity contribution >= 4 is 53.6 Å². The minimum Gasteiger partial charge on any atom is -0.461 e. The molecule has 0 amide bonds. The van der Waals surface area contributed by atoms with Gasteiger partial charge in [-0.1, -0.05) is 11.6 Å². The number of benzene rings is 1. The van der Waals surface area contributed by atoms with Crippen LogP contribution in [0.25, 0.3) is 11.3 Å². The molecule has 1 N–H and O–H groups in total. The minimum absolute atomic E-state index is 0.314. The zero-order valence-electron chi connectivity index (χ0n) is 11.9. The van der Waals surface area contributed by atoms with Crippen molar-refractivity contribution in [3.63, 3.8) is 0 Å². The molecule has 4 nitrogen and oxygen atoms in total. The summed E-state index contributed by atoms with van der Waals surface area (Å²) < 4.78 is 7.29. The first-order valence-corrected chi connectivity index (χ1v) is 10.6. The lowest BCUT2D eigenvalue weighted by Crippen LogP contribution is -2.14. The van der Waals surface area contributed by atoms with Gasteiger partial charge < -0.3 is 14.0 Å². The molecule has 1 aliphatic heterocycles. The van der Waals surface area contributed by atoms with Gasteiger partial charge >= 0.3 is 5.97 Å². The van der Waals surface area contributed by atoms with Gasteiger partial charge in [0.15, 0.2) is 0 Å². The summed E-state index contributed by atoms with van der Waals surface area (Å²) >= 11 is 8.43. The van der Waals surface area contributed by atoms with Crippen molar-refractivity contribution in [3.05, 3.63) is 40.5 Å². The fourth-order valence-corrected chi connectivity index (χ4v) is 4.37. The van der Waals surface area contributed by atoms with Gasteiger partial charge in [0.1, 0.15) is 5.69 Å². The van der Waals surface area contributed by atoms with E-state index in [0.717, 1.165) is 35.5 Å². The molecule has 0 saturated carbocycles. The van der Waals surface area contributed by atoms with Crippen molar-refractivity contribution in [1.82, 2.24) is 4.98 Å². The van der Waals surface area contributed by atoms with Crippen LogP contribution >= 0.6 is 41.9 Å². The molecule has 2 aromatic rings. The van der Waals surface area contributed by atoms with Crippen LogP contribution in [0.2, 0.25) is 5.02 Å². The van der Waals surface area contributed by atoms with Crippen LogP contribution in [-0.2, 0) is 11.2 Å². The Bertz CT molecular complexity index is 720. The summed E-state index contributed by atoms with van der Waals surface area (Å²) in [5.41, 5.74) is 4.71. The number of hydrogen-bond donors (Lipinski definition) is 1. The van der Waals surface area contributed by atoms with Crippen molar-refractivity contribution in [2.24, 2.45) is 0 Å². The summed E-state index contributed by atoms with van der Waals surface area (Å²) in [7, 11) is 1.64. The van der Waals surface area contributed by atoms with Gasteiger partial charge in [0, 0.05) is 47.5 Å². The lowest BCUT2D eigenvalue weighted by Gasteiger charge is -2.20. The number of nitrogens with zero attached hydrogens (tertiary/aromatic N) is 1. The maximum Gasteiger partial charge on any atom is 0.354 e. The van der Waals surface area contributed by atoms with Crippen molar-refractivity contribution in [2.75, 3.05) is 17.5 Å². The maximum absolute atomic E-state index is 11.9. The Morgan fingerprint density at radius 3 is 3.05 bits per heavy atom. The number of rotatable bonds is 3. The second kappa shape index (κ2) is 6.72. The molecule has 3 rings (SSSR count). The Morgan fingerprint density at radius 2 is 2.32 bits per heavy atom. The van der Waals surface area contributed by atoms with E-state index in [4.69, 9.17) is 16.3 Å². The number of esters is 1. The average molecular weight is 449 g/mol. The average Bonchev–Trinajstić information content (AvgIpc) is 2.87. The van der Waals surface area contributed by atoms with Crippen LogP contribution in [0.15, 0.2) is 24.3 Å². The van der Waals surface area contributed by atoms with Gasteiger partial charge in [0.2, 0.25) is 0 Å². The molecule has 1 aliphatic rings. The number of aromatic amines is 1. The summed E-state index contributed by atoms with van der Waals surface area (Å²) in [6, 6.07) is 7.72. The molecule has 0 saturated heterocycles. The highest BCUT2D eigenvalue weighted by molar-refractivity contribution is 14.2. The molecule has 1 aromatic carbocycles. The van der Waals surface area contributed by atoms with E-state index in [9.17, 15) is 4.79 Å². The fraction of sp³-hybridized carbons (Fsp3) is 0.267. The quantitative estimate of drug-likeness (QED) is 0.413. The van der Waals surface area contributed by atoms with E-state index < -0.39 is 0 Å².